The largest absolute Gasteiger partial charge is 0.443 e. The van der Waals surface area contributed by atoms with Gasteiger partial charge in [0.2, 0.25) is 5.91 Å². The standard InChI is InChI=1S/C12H14N2O2/c1-8(2)5-12(15)14-9-3-4-10-11(6-9)16-7-13-10/h3-4,6-8H,5H2,1-2H3,(H,14,15). The molecule has 0 radical (unpaired) electrons. The normalized spacial score (nSPS) is 10.9. The molecule has 2 rings (SSSR count). The van der Waals surface area contributed by atoms with Gasteiger partial charge >= 0.3 is 0 Å². The number of carbonyl (C=O) groups excluding carboxylic acids is 1. The summed E-state index contributed by atoms with van der Waals surface area (Å²) in [4.78, 5) is 15.5. The smallest absolute Gasteiger partial charge is 0.224 e. The molecule has 16 heavy (non-hydrogen) atoms. The molecule has 1 amide bonds. The van der Waals surface area contributed by atoms with E-state index in [0.717, 1.165) is 11.2 Å². The number of aromatic nitrogens is 1. The number of amides is 1. The molecule has 84 valence electrons. The molecule has 0 unspecified atom stereocenters. The number of nitrogens with zero attached hydrogens (tertiary/aromatic N) is 1. The SMILES string of the molecule is CC(C)CC(=O)Nc1ccc2ncoc2c1. The van der Waals surface area contributed by atoms with E-state index in [-0.39, 0.29) is 5.91 Å². The minimum absolute atomic E-state index is 0.0221. The van der Waals surface area contributed by atoms with E-state index in [1.807, 2.05) is 26.0 Å². The van der Waals surface area contributed by atoms with Crippen molar-refractivity contribution in [1.29, 1.82) is 0 Å². The molecular weight excluding hydrogens is 204 g/mol. The van der Waals surface area contributed by atoms with Crippen LogP contribution in [0, 0.1) is 5.92 Å². The van der Waals surface area contributed by atoms with E-state index in [2.05, 4.69) is 10.3 Å². The molecule has 0 aliphatic carbocycles. The average Bonchev–Trinajstić information content (AvgIpc) is 2.63. The molecule has 1 N–H and O–H groups in total. The minimum Gasteiger partial charge on any atom is -0.443 e. The minimum atomic E-state index is 0.0221. The fourth-order valence-corrected chi connectivity index (χ4v) is 1.52. The molecule has 0 spiro atoms. The van der Waals surface area contributed by atoms with Crippen molar-refractivity contribution in [2.75, 3.05) is 5.32 Å². The van der Waals surface area contributed by atoms with Gasteiger partial charge in [0.25, 0.3) is 0 Å². The lowest BCUT2D eigenvalue weighted by atomic mass is 10.1. The molecule has 0 atom stereocenters. The number of oxazole rings is 1. The highest BCUT2D eigenvalue weighted by molar-refractivity contribution is 5.92. The summed E-state index contributed by atoms with van der Waals surface area (Å²) in [7, 11) is 0. The summed E-state index contributed by atoms with van der Waals surface area (Å²) < 4.78 is 5.16. The van der Waals surface area contributed by atoms with E-state index in [4.69, 9.17) is 4.42 Å². The summed E-state index contributed by atoms with van der Waals surface area (Å²) >= 11 is 0. The Morgan fingerprint density at radius 2 is 2.31 bits per heavy atom. The Morgan fingerprint density at radius 3 is 3.06 bits per heavy atom. The Bertz CT molecular complexity index is 502. The predicted molar refractivity (Wildman–Crippen MR) is 62.1 cm³/mol. The average molecular weight is 218 g/mol. The zero-order valence-electron chi connectivity index (χ0n) is 9.36. The van der Waals surface area contributed by atoms with Crippen LogP contribution >= 0.6 is 0 Å². The van der Waals surface area contributed by atoms with E-state index >= 15 is 0 Å². The third-order valence-electron chi connectivity index (χ3n) is 2.21. The van der Waals surface area contributed by atoms with Crippen molar-refractivity contribution in [3.63, 3.8) is 0 Å². The fourth-order valence-electron chi connectivity index (χ4n) is 1.52. The number of anilines is 1. The number of hydrogen-bond acceptors (Lipinski definition) is 3. The van der Waals surface area contributed by atoms with Crippen molar-refractivity contribution in [2.24, 2.45) is 5.92 Å². The van der Waals surface area contributed by atoms with Gasteiger partial charge in [0, 0.05) is 18.2 Å². The molecule has 1 aromatic heterocycles. The third-order valence-corrected chi connectivity index (χ3v) is 2.21. The van der Waals surface area contributed by atoms with E-state index in [1.165, 1.54) is 6.39 Å². The maximum Gasteiger partial charge on any atom is 0.224 e. The van der Waals surface area contributed by atoms with Crippen LogP contribution in [0.25, 0.3) is 11.1 Å². The molecule has 4 heteroatoms. The maximum absolute atomic E-state index is 11.5. The molecule has 2 aromatic rings. The maximum atomic E-state index is 11.5. The van der Waals surface area contributed by atoms with E-state index in [1.54, 1.807) is 6.07 Å². The molecule has 4 nitrogen and oxygen atoms in total. The van der Waals surface area contributed by atoms with Gasteiger partial charge in [0.05, 0.1) is 0 Å². The number of rotatable bonds is 3. The van der Waals surface area contributed by atoms with Crippen LogP contribution in [0.3, 0.4) is 0 Å². The summed E-state index contributed by atoms with van der Waals surface area (Å²) in [6.45, 7) is 4.03. The first kappa shape index (κ1) is 10.7. The zero-order chi connectivity index (χ0) is 11.5. The molecule has 0 aliphatic rings. The van der Waals surface area contributed by atoms with Crippen molar-refractivity contribution >= 4 is 22.7 Å². The molecule has 0 saturated heterocycles. The second kappa shape index (κ2) is 4.35. The summed E-state index contributed by atoms with van der Waals surface area (Å²) in [6.07, 6.45) is 1.92. The summed E-state index contributed by atoms with van der Waals surface area (Å²) in [6, 6.07) is 5.42. The third kappa shape index (κ3) is 2.39. The number of fused-ring (bicyclic) bond motifs is 1. The highest BCUT2D eigenvalue weighted by atomic mass is 16.3. The number of carbonyl (C=O) groups is 1. The van der Waals surface area contributed by atoms with E-state index in [9.17, 15) is 4.79 Å². The Balaban J connectivity index is 2.11. The van der Waals surface area contributed by atoms with Crippen molar-refractivity contribution < 1.29 is 9.21 Å². The number of nitrogens with one attached hydrogen (secondary N) is 1. The lowest BCUT2D eigenvalue weighted by Crippen LogP contribution is -2.13. The number of benzene rings is 1. The highest BCUT2D eigenvalue weighted by Crippen LogP contribution is 2.18. The van der Waals surface area contributed by atoms with Crippen molar-refractivity contribution in [1.82, 2.24) is 4.98 Å². The van der Waals surface area contributed by atoms with Gasteiger partial charge in [-0.2, -0.15) is 0 Å². The van der Waals surface area contributed by atoms with E-state index in [0.29, 0.717) is 17.9 Å². The van der Waals surface area contributed by atoms with Crippen LogP contribution in [-0.2, 0) is 4.79 Å². The summed E-state index contributed by atoms with van der Waals surface area (Å²) in [5, 5.41) is 2.83. The first-order valence-electron chi connectivity index (χ1n) is 5.28. The van der Waals surface area contributed by atoms with Crippen LogP contribution in [0.1, 0.15) is 20.3 Å². The predicted octanol–water partition coefficient (Wildman–Crippen LogP) is 2.81. The Kier molecular flexibility index (Phi) is 2.90. The van der Waals surface area contributed by atoms with E-state index < -0.39 is 0 Å². The van der Waals surface area contributed by atoms with Crippen LogP contribution in [-0.4, -0.2) is 10.9 Å². The summed E-state index contributed by atoms with van der Waals surface area (Å²) in [5.74, 6) is 0.378. The molecule has 0 fully saturated rings. The van der Waals surface area contributed by atoms with Crippen molar-refractivity contribution in [3.05, 3.63) is 24.6 Å². The molecule has 0 bridgehead atoms. The second-order valence-corrected chi connectivity index (χ2v) is 4.18. The number of hydrogen-bond donors (Lipinski definition) is 1. The molecule has 1 heterocycles. The lowest BCUT2D eigenvalue weighted by Gasteiger charge is -2.06. The van der Waals surface area contributed by atoms with Gasteiger partial charge in [-0.05, 0) is 18.1 Å². The lowest BCUT2D eigenvalue weighted by molar-refractivity contribution is -0.116. The van der Waals surface area contributed by atoms with Crippen molar-refractivity contribution in [3.8, 4) is 0 Å². The second-order valence-electron chi connectivity index (χ2n) is 4.18. The fraction of sp³-hybridized carbons (Fsp3) is 0.333. The highest BCUT2D eigenvalue weighted by Gasteiger charge is 2.06. The van der Waals surface area contributed by atoms with Gasteiger partial charge in [-0.15, -0.1) is 0 Å². The summed E-state index contributed by atoms with van der Waals surface area (Å²) in [5.41, 5.74) is 2.22. The van der Waals surface area contributed by atoms with Crippen LogP contribution in [0.15, 0.2) is 29.0 Å². The first-order valence-corrected chi connectivity index (χ1v) is 5.28. The Labute approximate surface area is 93.7 Å². The van der Waals surface area contributed by atoms with Gasteiger partial charge in [-0.25, -0.2) is 4.98 Å². The topological polar surface area (TPSA) is 55.1 Å². The quantitative estimate of drug-likeness (QED) is 0.861. The van der Waals surface area contributed by atoms with Gasteiger partial charge in [-0.1, -0.05) is 13.8 Å². The van der Waals surface area contributed by atoms with Crippen LogP contribution in [0.2, 0.25) is 0 Å². The van der Waals surface area contributed by atoms with Crippen LogP contribution in [0.4, 0.5) is 5.69 Å². The molecular formula is C12H14N2O2. The Hall–Kier alpha value is -1.84. The van der Waals surface area contributed by atoms with Gasteiger partial charge in [0.15, 0.2) is 12.0 Å². The monoisotopic (exact) mass is 218 g/mol. The van der Waals surface area contributed by atoms with Crippen LogP contribution in [0.5, 0.6) is 0 Å². The first-order chi connectivity index (χ1) is 7.65. The van der Waals surface area contributed by atoms with Gasteiger partial charge < -0.3 is 9.73 Å². The zero-order valence-corrected chi connectivity index (χ0v) is 9.36. The van der Waals surface area contributed by atoms with Gasteiger partial charge in [-0.3, -0.25) is 4.79 Å². The molecule has 0 saturated carbocycles. The Morgan fingerprint density at radius 1 is 1.50 bits per heavy atom. The molecule has 0 aliphatic heterocycles. The van der Waals surface area contributed by atoms with Crippen molar-refractivity contribution in [2.45, 2.75) is 20.3 Å². The van der Waals surface area contributed by atoms with Gasteiger partial charge in [0.1, 0.15) is 5.52 Å². The molecule has 1 aromatic carbocycles. The van der Waals surface area contributed by atoms with Crippen LogP contribution < -0.4 is 5.32 Å².